The molecule has 166 valence electrons. The Bertz CT molecular complexity index is 987. The minimum atomic E-state index is -0.727. The maximum Gasteiger partial charge on any atom is 0.416 e. The molecule has 31 heavy (non-hydrogen) atoms. The van der Waals surface area contributed by atoms with Crippen LogP contribution in [0.25, 0.3) is 6.08 Å². The molecule has 1 fully saturated rings. The zero-order chi connectivity index (χ0) is 22.8. The second-order valence-electron chi connectivity index (χ2n) is 7.70. The van der Waals surface area contributed by atoms with Crippen LogP contribution in [0, 0.1) is 5.82 Å². The van der Waals surface area contributed by atoms with Gasteiger partial charge in [0.05, 0.1) is 22.2 Å². The van der Waals surface area contributed by atoms with Crippen LogP contribution < -0.4 is 9.80 Å². The summed E-state index contributed by atoms with van der Waals surface area (Å²) in [5.74, 6) is -0.269. The molecule has 0 bridgehead atoms. The zero-order valence-corrected chi connectivity index (χ0v) is 20.1. The Morgan fingerprint density at radius 1 is 1.39 bits per heavy atom. The van der Waals surface area contributed by atoms with Gasteiger partial charge in [-0.15, -0.1) is 0 Å². The molecule has 2 aromatic rings. The Morgan fingerprint density at radius 3 is 2.71 bits per heavy atom. The maximum absolute atomic E-state index is 14.4. The third kappa shape index (κ3) is 6.07. The number of cyclic esters (lactones) is 1. The van der Waals surface area contributed by atoms with Crippen molar-refractivity contribution in [1.82, 2.24) is 5.16 Å². The number of aromatic nitrogens is 1. The highest BCUT2D eigenvalue weighted by atomic mass is 79.9. The maximum atomic E-state index is 14.4. The van der Waals surface area contributed by atoms with E-state index in [0.29, 0.717) is 14.6 Å². The number of halogens is 3. The van der Waals surface area contributed by atoms with Crippen molar-refractivity contribution in [3.05, 3.63) is 45.3 Å². The molecule has 2 amide bonds. The van der Waals surface area contributed by atoms with Crippen molar-refractivity contribution >= 4 is 61.6 Å². The van der Waals surface area contributed by atoms with E-state index in [0.717, 1.165) is 0 Å². The van der Waals surface area contributed by atoms with Gasteiger partial charge >= 0.3 is 12.2 Å². The third-order valence-corrected chi connectivity index (χ3v) is 4.59. The first-order chi connectivity index (χ1) is 14.5. The minimum absolute atomic E-state index is 0.0104. The minimum Gasteiger partial charge on any atom is -0.443 e. The van der Waals surface area contributed by atoms with Crippen molar-refractivity contribution in [3.8, 4) is 0 Å². The van der Waals surface area contributed by atoms with E-state index in [4.69, 9.17) is 14.0 Å². The van der Waals surface area contributed by atoms with Crippen LogP contribution in [-0.2, 0) is 9.47 Å². The monoisotopic (exact) mass is 559 g/mol. The summed E-state index contributed by atoms with van der Waals surface area (Å²) in [5, 5.41) is 3.78. The van der Waals surface area contributed by atoms with E-state index in [-0.39, 0.29) is 18.9 Å². The van der Waals surface area contributed by atoms with E-state index in [2.05, 4.69) is 37.0 Å². The number of benzene rings is 1. The number of amides is 2. The zero-order valence-electron chi connectivity index (χ0n) is 17.0. The molecule has 0 radical (unpaired) electrons. The molecule has 3 rings (SSSR count). The molecule has 1 aliphatic rings. The Hall–Kier alpha value is -2.40. The number of hydrogen-bond acceptors (Lipinski definition) is 6. The van der Waals surface area contributed by atoms with E-state index < -0.39 is 29.7 Å². The Balaban J connectivity index is 1.76. The summed E-state index contributed by atoms with van der Waals surface area (Å²) < 4.78 is 30.6. The van der Waals surface area contributed by atoms with Crippen LogP contribution >= 0.6 is 31.9 Å². The van der Waals surface area contributed by atoms with Crippen LogP contribution in [0.4, 0.5) is 25.5 Å². The van der Waals surface area contributed by atoms with Crippen LogP contribution in [0.1, 0.15) is 26.3 Å². The highest BCUT2D eigenvalue weighted by Gasteiger charge is 2.36. The van der Waals surface area contributed by atoms with Gasteiger partial charge in [-0.05, 0) is 76.9 Å². The van der Waals surface area contributed by atoms with E-state index in [9.17, 15) is 14.0 Å². The van der Waals surface area contributed by atoms with Crippen LogP contribution in [0.5, 0.6) is 0 Å². The molecule has 2 heterocycles. The topological polar surface area (TPSA) is 85.1 Å². The molecular weight excluding hydrogens is 541 g/mol. The highest BCUT2D eigenvalue weighted by Crippen LogP contribution is 2.27. The van der Waals surface area contributed by atoms with E-state index in [1.807, 2.05) is 0 Å². The van der Waals surface area contributed by atoms with Crippen LogP contribution in [0.2, 0.25) is 0 Å². The number of ether oxygens (including phenoxy) is 2. The van der Waals surface area contributed by atoms with Crippen molar-refractivity contribution in [2.75, 3.05) is 22.9 Å². The first kappa shape index (κ1) is 23.3. The average molecular weight is 561 g/mol. The highest BCUT2D eigenvalue weighted by molar-refractivity contribution is 9.28. The first-order valence-corrected chi connectivity index (χ1v) is 10.8. The molecule has 0 saturated carbocycles. The van der Waals surface area contributed by atoms with Gasteiger partial charge in [0.15, 0.2) is 5.82 Å². The lowest BCUT2D eigenvalue weighted by molar-refractivity contribution is 0.0556. The molecule has 1 aromatic heterocycles. The largest absolute Gasteiger partial charge is 0.443 e. The standard InChI is InChI=1S/C20H20Br2FN3O5/c1-20(2,3)31-19(28)26(17-6-7-29-24-17)11-14-10-25(18(27)30-14)13-5-4-12(8-16(21)22)15(23)9-13/h4-9,14H,10-11H2,1-3H3/t14-/m1/s1. The summed E-state index contributed by atoms with van der Waals surface area (Å²) in [6, 6.07) is 5.92. The van der Waals surface area contributed by atoms with Crippen molar-refractivity contribution in [2.45, 2.75) is 32.5 Å². The van der Waals surface area contributed by atoms with Gasteiger partial charge < -0.3 is 14.0 Å². The fourth-order valence-corrected chi connectivity index (χ4v) is 3.37. The van der Waals surface area contributed by atoms with Gasteiger partial charge in [-0.25, -0.2) is 14.0 Å². The first-order valence-electron chi connectivity index (χ1n) is 9.25. The predicted octanol–water partition coefficient (Wildman–Crippen LogP) is 5.67. The van der Waals surface area contributed by atoms with E-state index in [1.54, 1.807) is 39.0 Å². The van der Waals surface area contributed by atoms with E-state index in [1.165, 1.54) is 28.2 Å². The summed E-state index contributed by atoms with van der Waals surface area (Å²) in [7, 11) is 0. The second-order valence-corrected chi connectivity index (χ2v) is 10.5. The van der Waals surface area contributed by atoms with Gasteiger partial charge in [-0.2, -0.15) is 0 Å². The number of carbonyl (C=O) groups excluding carboxylic acids is 2. The fourth-order valence-electron chi connectivity index (χ4n) is 2.87. The number of nitrogens with zero attached hydrogens (tertiary/aromatic N) is 3. The van der Waals surface area contributed by atoms with Gasteiger partial charge in [-0.3, -0.25) is 9.80 Å². The molecule has 1 aromatic carbocycles. The van der Waals surface area contributed by atoms with Gasteiger partial charge in [0.25, 0.3) is 0 Å². The van der Waals surface area contributed by atoms with Gasteiger partial charge in [0.1, 0.15) is 23.8 Å². The van der Waals surface area contributed by atoms with Crippen molar-refractivity contribution in [1.29, 1.82) is 0 Å². The van der Waals surface area contributed by atoms with Crippen molar-refractivity contribution in [2.24, 2.45) is 0 Å². The summed E-state index contributed by atoms with van der Waals surface area (Å²) in [6.07, 6.45) is 0.901. The molecule has 11 heteroatoms. The van der Waals surface area contributed by atoms with Crippen LogP contribution in [0.15, 0.2) is 38.4 Å². The third-order valence-electron chi connectivity index (χ3n) is 4.14. The van der Waals surface area contributed by atoms with Crippen molar-refractivity contribution < 1.29 is 28.0 Å². The fraction of sp³-hybridized carbons (Fsp3) is 0.350. The molecule has 0 N–H and O–H groups in total. The smallest absolute Gasteiger partial charge is 0.416 e. The van der Waals surface area contributed by atoms with Crippen LogP contribution in [0.3, 0.4) is 0 Å². The lowest BCUT2D eigenvalue weighted by Crippen LogP contribution is -2.42. The number of rotatable bonds is 5. The summed E-state index contributed by atoms with van der Waals surface area (Å²) in [5.41, 5.74) is -0.0354. The van der Waals surface area contributed by atoms with Gasteiger partial charge in [0, 0.05) is 11.6 Å². The van der Waals surface area contributed by atoms with Gasteiger partial charge in [-0.1, -0.05) is 5.16 Å². The number of carbonyl (C=O) groups is 2. The number of anilines is 2. The normalized spacial score (nSPS) is 16.1. The summed E-state index contributed by atoms with van der Waals surface area (Å²) in [4.78, 5) is 27.6. The lowest BCUT2D eigenvalue weighted by atomic mass is 10.2. The summed E-state index contributed by atoms with van der Waals surface area (Å²) >= 11 is 6.38. The molecule has 1 aliphatic heterocycles. The molecular formula is C20H20Br2FN3O5. The lowest BCUT2D eigenvalue weighted by Gasteiger charge is -2.26. The molecule has 0 spiro atoms. The second kappa shape index (κ2) is 9.39. The predicted molar refractivity (Wildman–Crippen MR) is 120 cm³/mol. The number of hydrogen-bond donors (Lipinski definition) is 0. The summed E-state index contributed by atoms with van der Waals surface area (Å²) in [6.45, 7) is 5.33. The Labute approximate surface area is 195 Å². The molecule has 1 atom stereocenters. The molecule has 0 unspecified atom stereocenters. The average Bonchev–Trinajstić information content (AvgIpc) is 3.29. The molecule has 0 aliphatic carbocycles. The van der Waals surface area contributed by atoms with Gasteiger partial charge in [0.2, 0.25) is 0 Å². The van der Waals surface area contributed by atoms with Crippen molar-refractivity contribution in [3.63, 3.8) is 0 Å². The quantitative estimate of drug-likeness (QED) is 0.468. The molecule has 8 nitrogen and oxygen atoms in total. The van der Waals surface area contributed by atoms with E-state index >= 15 is 0 Å². The Morgan fingerprint density at radius 2 is 2.13 bits per heavy atom. The molecule has 1 saturated heterocycles. The SMILES string of the molecule is CC(C)(C)OC(=O)N(C[C@H]1CN(c2ccc(C=C(Br)Br)c(F)c2)C(=O)O1)c1ccon1. The van der Waals surface area contributed by atoms with Crippen LogP contribution in [-0.4, -0.2) is 42.1 Å². The Kier molecular flexibility index (Phi) is 7.05.